The zero-order valence-electron chi connectivity index (χ0n) is 18.3. The van der Waals surface area contributed by atoms with Gasteiger partial charge in [0.2, 0.25) is 11.7 Å². The SMILES string of the molecule is O=C1Nc2ccccc2N(Cc2ccc(-c3noc(C(F)(F)F)n3)cn2)C1Cc1ccc(F)c(F)c1. The van der Waals surface area contributed by atoms with Crippen LogP contribution in [0.2, 0.25) is 0 Å². The lowest BCUT2D eigenvalue weighted by molar-refractivity contribution is -0.159. The van der Waals surface area contributed by atoms with Crippen molar-refractivity contribution in [3.8, 4) is 11.4 Å². The molecule has 184 valence electrons. The number of nitrogens with one attached hydrogen (secondary N) is 1. The number of halogens is 5. The van der Waals surface area contributed by atoms with E-state index in [1.54, 1.807) is 35.2 Å². The van der Waals surface area contributed by atoms with Crippen molar-refractivity contribution in [2.45, 2.75) is 25.2 Å². The molecule has 0 radical (unpaired) electrons. The summed E-state index contributed by atoms with van der Waals surface area (Å²) in [4.78, 5) is 22.4. The largest absolute Gasteiger partial charge is 0.471 e. The van der Waals surface area contributed by atoms with Crippen molar-refractivity contribution >= 4 is 17.3 Å². The Labute approximate surface area is 200 Å². The molecule has 0 aliphatic carbocycles. The first-order valence-electron chi connectivity index (χ1n) is 10.7. The molecule has 3 heterocycles. The summed E-state index contributed by atoms with van der Waals surface area (Å²) in [6.45, 7) is 0.152. The second kappa shape index (κ2) is 9.02. The van der Waals surface area contributed by atoms with E-state index in [9.17, 15) is 26.7 Å². The molecule has 1 atom stereocenters. The minimum atomic E-state index is -4.76. The fraction of sp³-hybridized carbons (Fsp3) is 0.167. The van der Waals surface area contributed by atoms with E-state index in [2.05, 4.69) is 25.0 Å². The highest BCUT2D eigenvalue weighted by molar-refractivity contribution is 6.03. The lowest BCUT2D eigenvalue weighted by atomic mass is 9.99. The number of carbonyl (C=O) groups is 1. The van der Waals surface area contributed by atoms with Gasteiger partial charge in [-0.1, -0.05) is 23.4 Å². The van der Waals surface area contributed by atoms with Crippen LogP contribution in [0.1, 0.15) is 17.1 Å². The summed E-state index contributed by atoms with van der Waals surface area (Å²) in [5, 5.41) is 6.17. The zero-order chi connectivity index (χ0) is 25.4. The number of alkyl halides is 3. The molecule has 2 aromatic carbocycles. The van der Waals surface area contributed by atoms with Gasteiger partial charge in [-0.15, -0.1) is 0 Å². The van der Waals surface area contributed by atoms with Gasteiger partial charge < -0.3 is 14.7 Å². The Morgan fingerprint density at radius 1 is 1.03 bits per heavy atom. The van der Waals surface area contributed by atoms with Gasteiger partial charge in [-0.05, 0) is 42.0 Å². The monoisotopic (exact) mass is 501 g/mol. The molecule has 1 N–H and O–H groups in total. The maximum atomic E-state index is 13.8. The molecule has 0 fully saturated rings. The van der Waals surface area contributed by atoms with Crippen LogP contribution in [0.4, 0.5) is 33.3 Å². The zero-order valence-corrected chi connectivity index (χ0v) is 18.3. The highest BCUT2D eigenvalue weighted by Gasteiger charge is 2.38. The Hall–Kier alpha value is -4.35. The minimum absolute atomic E-state index is 0.0958. The topological polar surface area (TPSA) is 84.2 Å². The van der Waals surface area contributed by atoms with Gasteiger partial charge in [0.25, 0.3) is 0 Å². The van der Waals surface area contributed by atoms with E-state index in [4.69, 9.17) is 0 Å². The highest BCUT2D eigenvalue weighted by atomic mass is 19.4. The number of para-hydroxylation sites is 2. The first kappa shape index (κ1) is 23.4. The number of nitrogens with zero attached hydrogens (tertiary/aromatic N) is 4. The summed E-state index contributed by atoms with van der Waals surface area (Å²) in [6, 6.07) is 12.9. The lowest BCUT2D eigenvalue weighted by Crippen LogP contribution is -2.49. The van der Waals surface area contributed by atoms with Crippen LogP contribution in [-0.4, -0.2) is 27.1 Å². The maximum Gasteiger partial charge on any atom is 0.471 e. The van der Waals surface area contributed by atoms with E-state index in [0.29, 0.717) is 22.6 Å². The van der Waals surface area contributed by atoms with Crippen LogP contribution in [0.5, 0.6) is 0 Å². The normalized spacial score (nSPS) is 15.5. The fourth-order valence-corrected chi connectivity index (χ4v) is 3.92. The van der Waals surface area contributed by atoms with Gasteiger partial charge in [0.1, 0.15) is 6.04 Å². The number of hydrogen-bond donors (Lipinski definition) is 1. The molecule has 1 unspecified atom stereocenters. The molecule has 1 aliphatic rings. The Kier molecular flexibility index (Phi) is 5.86. The predicted molar refractivity (Wildman–Crippen MR) is 118 cm³/mol. The Balaban J connectivity index is 1.43. The molecule has 4 aromatic rings. The molecule has 12 heteroatoms. The first-order valence-corrected chi connectivity index (χ1v) is 10.7. The Bertz CT molecular complexity index is 1420. The smallest absolute Gasteiger partial charge is 0.352 e. The van der Waals surface area contributed by atoms with Crippen molar-refractivity contribution in [1.29, 1.82) is 0 Å². The second-order valence-corrected chi connectivity index (χ2v) is 8.06. The van der Waals surface area contributed by atoms with Crippen LogP contribution in [0, 0.1) is 11.6 Å². The maximum absolute atomic E-state index is 13.8. The first-order chi connectivity index (χ1) is 17.2. The number of rotatable bonds is 5. The summed E-state index contributed by atoms with van der Waals surface area (Å²) in [7, 11) is 0. The highest BCUT2D eigenvalue weighted by Crippen LogP contribution is 2.34. The lowest BCUT2D eigenvalue weighted by Gasteiger charge is -2.38. The Morgan fingerprint density at radius 3 is 2.53 bits per heavy atom. The quantitative estimate of drug-likeness (QED) is 0.388. The number of anilines is 2. The van der Waals surface area contributed by atoms with Crippen molar-refractivity contribution in [2.24, 2.45) is 0 Å². The number of hydrogen-bond acceptors (Lipinski definition) is 6. The summed E-state index contributed by atoms with van der Waals surface area (Å²) in [5.74, 6) is -4.05. The van der Waals surface area contributed by atoms with Gasteiger partial charge in [-0.3, -0.25) is 9.78 Å². The van der Waals surface area contributed by atoms with E-state index < -0.39 is 29.7 Å². The van der Waals surface area contributed by atoms with E-state index in [-0.39, 0.29) is 30.3 Å². The number of fused-ring (bicyclic) bond motifs is 1. The molecule has 1 amide bonds. The van der Waals surface area contributed by atoms with Crippen LogP contribution in [0.25, 0.3) is 11.4 Å². The van der Waals surface area contributed by atoms with Crippen molar-refractivity contribution in [3.63, 3.8) is 0 Å². The molecule has 2 aromatic heterocycles. The molecule has 1 aliphatic heterocycles. The van der Waals surface area contributed by atoms with E-state index in [1.165, 1.54) is 18.3 Å². The molecule has 0 saturated heterocycles. The van der Waals surface area contributed by atoms with Crippen LogP contribution >= 0.6 is 0 Å². The number of carbonyl (C=O) groups excluding carboxylic acids is 1. The molecule has 0 spiro atoms. The standard InChI is InChI=1S/C24H16F5N5O2/c25-16-8-5-13(9-17(16)26)10-20-22(35)31-18-3-1-2-4-19(18)34(20)12-15-7-6-14(11-30-15)21-32-23(36-33-21)24(27,28)29/h1-9,11,20H,10,12H2,(H,31,35). The molecule has 36 heavy (non-hydrogen) atoms. The van der Waals surface area contributed by atoms with Crippen LogP contribution in [-0.2, 0) is 23.9 Å². The molecular weight excluding hydrogens is 485 g/mol. The van der Waals surface area contributed by atoms with Gasteiger partial charge >= 0.3 is 12.1 Å². The van der Waals surface area contributed by atoms with Crippen LogP contribution in [0.3, 0.4) is 0 Å². The molecule has 0 bridgehead atoms. The predicted octanol–water partition coefficient (Wildman–Crippen LogP) is 5.00. The van der Waals surface area contributed by atoms with Gasteiger partial charge in [0, 0.05) is 18.2 Å². The molecular formula is C24H16F5N5O2. The van der Waals surface area contributed by atoms with Crippen molar-refractivity contribution < 1.29 is 31.3 Å². The molecule has 5 rings (SSSR count). The van der Waals surface area contributed by atoms with Crippen LogP contribution < -0.4 is 10.2 Å². The van der Waals surface area contributed by atoms with Gasteiger partial charge in [0.05, 0.1) is 23.6 Å². The summed E-state index contributed by atoms with van der Waals surface area (Å²) in [5.41, 5.74) is 2.42. The third-order valence-corrected chi connectivity index (χ3v) is 5.65. The van der Waals surface area contributed by atoms with Crippen molar-refractivity contribution in [1.82, 2.24) is 15.1 Å². The van der Waals surface area contributed by atoms with E-state index in [0.717, 1.165) is 12.1 Å². The van der Waals surface area contributed by atoms with E-state index >= 15 is 0 Å². The second-order valence-electron chi connectivity index (χ2n) is 8.06. The number of amides is 1. The van der Waals surface area contributed by atoms with Crippen LogP contribution in [0.15, 0.2) is 65.3 Å². The fourth-order valence-electron chi connectivity index (χ4n) is 3.92. The molecule has 7 nitrogen and oxygen atoms in total. The van der Waals surface area contributed by atoms with Gasteiger partial charge in [-0.2, -0.15) is 18.2 Å². The summed E-state index contributed by atoms with van der Waals surface area (Å²) < 4.78 is 69.6. The summed E-state index contributed by atoms with van der Waals surface area (Å²) >= 11 is 0. The molecule has 0 saturated carbocycles. The number of pyridine rings is 1. The van der Waals surface area contributed by atoms with Crippen molar-refractivity contribution in [3.05, 3.63) is 89.6 Å². The average molecular weight is 501 g/mol. The number of benzene rings is 2. The van der Waals surface area contributed by atoms with Crippen molar-refractivity contribution in [2.75, 3.05) is 10.2 Å². The van der Waals surface area contributed by atoms with Gasteiger partial charge in [0.15, 0.2) is 11.6 Å². The van der Waals surface area contributed by atoms with Gasteiger partial charge in [-0.25, -0.2) is 8.78 Å². The minimum Gasteiger partial charge on any atom is -0.352 e. The number of aromatic nitrogens is 3. The third kappa shape index (κ3) is 4.61. The Morgan fingerprint density at radius 2 is 1.83 bits per heavy atom. The van der Waals surface area contributed by atoms with E-state index in [1.807, 2.05) is 0 Å². The third-order valence-electron chi connectivity index (χ3n) is 5.65. The summed E-state index contributed by atoms with van der Waals surface area (Å²) in [6.07, 6.45) is -3.36. The average Bonchev–Trinajstić information content (AvgIpc) is 3.35.